The second-order valence-corrected chi connectivity index (χ2v) is 5.01. The highest BCUT2D eigenvalue weighted by Crippen LogP contribution is 2.30. The van der Waals surface area contributed by atoms with Crippen molar-refractivity contribution in [1.29, 1.82) is 0 Å². The van der Waals surface area contributed by atoms with Gasteiger partial charge in [-0.1, -0.05) is 0 Å². The van der Waals surface area contributed by atoms with Gasteiger partial charge in [-0.05, 0) is 46.5 Å². The van der Waals surface area contributed by atoms with Crippen LogP contribution in [-0.2, 0) is 9.53 Å². The van der Waals surface area contributed by atoms with Crippen LogP contribution < -0.4 is 0 Å². The predicted molar refractivity (Wildman–Crippen MR) is 60.7 cm³/mol. The molecule has 0 atom stereocenters. The minimum Gasteiger partial charge on any atom is -0.462 e. The van der Waals surface area contributed by atoms with Crippen molar-refractivity contribution in [2.75, 3.05) is 13.1 Å². The monoisotopic (exact) mass is 213 g/mol. The van der Waals surface area contributed by atoms with E-state index in [1.807, 2.05) is 13.8 Å². The van der Waals surface area contributed by atoms with Crippen LogP contribution in [0.4, 0.5) is 0 Å². The van der Waals surface area contributed by atoms with Gasteiger partial charge < -0.3 is 4.74 Å². The topological polar surface area (TPSA) is 29.5 Å². The fraction of sp³-hybridized carbons (Fsp3) is 0.917. The first-order valence-electron chi connectivity index (χ1n) is 5.92. The third kappa shape index (κ3) is 5.17. The molecule has 1 saturated carbocycles. The van der Waals surface area contributed by atoms with E-state index in [-0.39, 0.29) is 12.1 Å². The average Bonchev–Trinajstić information content (AvgIpc) is 2.85. The Bertz CT molecular complexity index is 210. The molecular weight excluding hydrogens is 190 g/mol. The summed E-state index contributed by atoms with van der Waals surface area (Å²) in [5.41, 5.74) is 0. The van der Waals surface area contributed by atoms with Gasteiger partial charge in [0.2, 0.25) is 0 Å². The molecule has 0 spiro atoms. The molecule has 88 valence electrons. The first kappa shape index (κ1) is 12.5. The number of nitrogens with zero attached hydrogens (tertiary/aromatic N) is 1. The van der Waals surface area contributed by atoms with E-state index >= 15 is 0 Å². The summed E-state index contributed by atoms with van der Waals surface area (Å²) in [5.74, 6) is 0.721. The maximum absolute atomic E-state index is 11.5. The standard InChI is InChI=1S/C12H23NO2/c1-9(2)13(7-11-5-6-11)8-12(14)15-10(3)4/h9-11H,5-8H2,1-4H3. The van der Waals surface area contributed by atoms with E-state index in [1.54, 1.807) is 0 Å². The highest BCUT2D eigenvalue weighted by Gasteiger charge is 2.26. The van der Waals surface area contributed by atoms with Crippen molar-refractivity contribution >= 4 is 5.97 Å². The smallest absolute Gasteiger partial charge is 0.320 e. The molecule has 0 unspecified atom stereocenters. The molecule has 0 aromatic heterocycles. The Morgan fingerprint density at radius 3 is 2.33 bits per heavy atom. The fourth-order valence-corrected chi connectivity index (χ4v) is 1.56. The summed E-state index contributed by atoms with van der Waals surface area (Å²) in [6.07, 6.45) is 2.64. The zero-order valence-electron chi connectivity index (χ0n) is 10.3. The van der Waals surface area contributed by atoms with E-state index < -0.39 is 0 Å². The first-order chi connectivity index (χ1) is 6.99. The quantitative estimate of drug-likeness (QED) is 0.632. The molecule has 0 bridgehead atoms. The lowest BCUT2D eigenvalue weighted by Gasteiger charge is -2.25. The molecule has 0 radical (unpaired) electrons. The number of hydrogen-bond acceptors (Lipinski definition) is 3. The fourth-order valence-electron chi connectivity index (χ4n) is 1.56. The molecule has 0 N–H and O–H groups in total. The highest BCUT2D eigenvalue weighted by atomic mass is 16.5. The average molecular weight is 213 g/mol. The third-order valence-corrected chi connectivity index (χ3v) is 2.62. The van der Waals surface area contributed by atoms with Crippen LogP contribution in [0.1, 0.15) is 40.5 Å². The zero-order valence-corrected chi connectivity index (χ0v) is 10.3. The van der Waals surface area contributed by atoms with Gasteiger partial charge in [-0.2, -0.15) is 0 Å². The van der Waals surface area contributed by atoms with Crippen molar-refractivity contribution in [3.63, 3.8) is 0 Å². The van der Waals surface area contributed by atoms with E-state index in [1.165, 1.54) is 12.8 Å². The lowest BCUT2D eigenvalue weighted by Crippen LogP contribution is -2.38. The van der Waals surface area contributed by atoms with Crippen LogP contribution in [0.5, 0.6) is 0 Å². The lowest BCUT2D eigenvalue weighted by atomic mass is 10.2. The minimum atomic E-state index is -0.0978. The van der Waals surface area contributed by atoms with Crippen LogP contribution >= 0.6 is 0 Å². The Hall–Kier alpha value is -0.570. The summed E-state index contributed by atoms with van der Waals surface area (Å²) in [5, 5.41) is 0. The van der Waals surface area contributed by atoms with Crippen LogP contribution in [0.15, 0.2) is 0 Å². The second kappa shape index (κ2) is 5.50. The molecule has 0 aromatic carbocycles. The van der Waals surface area contributed by atoms with Crippen molar-refractivity contribution in [2.45, 2.75) is 52.7 Å². The van der Waals surface area contributed by atoms with E-state index in [2.05, 4.69) is 18.7 Å². The molecule has 3 nitrogen and oxygen atoms in total. The zero-order chi connectivity index (χ0) is 11.4. The van der Waals surface area contributed by atoms with Gasteiger partial charge in [0.1, 0.15) is 0 Å². The summed E-state index contributed by atoms with van der Waals surface area (Å²) in [7, 11) is 0. The summed E-state index contributed by atoms with van der Waals surface area (Å²) in [6, 6.07) is 0.422. The van der Waals surface area contributed by atoms with E-state index in [0.717, 1.165) is 12.5 Å². The van der Waals surface area contributed by atoms with Crippen molar-refractivity contribution in [2.24, 2.45) is 5.92 Å². The molecule has 3 heteroatoms. The number of carbonyl (C=O) groups excluding carboxylic acids is 1. The summed E-state index contributed by atoms with van der Waals surface area (Å²) in [4.78, 5) is 13.7. The molecule has 15 heavy (non-hydrogen) atoms. The first-order valence-corrected chi connectivity index (χ1v) is 5.92. The van der Waals surface area contributed by atoms with Gasteiger partial charge in [-0.15, -0.1) is 0 Å². The van der Waals surface area contributed by atoms with Gasteiger partial charge in [-0.25, -0.2) is 0 Å². The molecule has 1 aliphatic rings. The second-order valence-electron chi connectivity index (χ2n) is 5.01. The van der Waals surface area contributed by atoms with Gasteiger partial charge in [0.05, 0.1) is 12.6 Å². The van der Waals surface area contributed by atoms with E-state index in [0.29, 0.717) is 12.6 Å². The Morgan fingerprint density at radius 2 is 1.93 bits per heavy atom. The number of ether oxygens (including phenoxy) is 1. The van der Waals surface area contributed by atoms with Gasteiger partial charge in [0.15, 0.2) is 0 Å². The minimum absolute atomic E-state index is 0.00700. The van der Waals surface area contributed by atoms with Gasteiger partial charge in [0, 0.05) is 12.6 Å². The summed E-state index contributed by atoms with van der Waals surface area (Å²) < 4.78 is 5.15. The molecule has 1 fully saturated rings. The normalized spacial score (nSPS) is 16.5. The van der Waals surface area contributed by atoms with Crippen LogP contribution in [0.25, 0.3) is 0 Å². The Kier molecular flexibility index (Phi) is 4.58. The molecule has 0 aromatic rings. The van der Waals surface area contributed by atoms with Crippen LogP contribution in [0.3, 0.4) is 0 Å². The Morgan fingerprint density at radius 1 is 1.33 bits per heavy atom. The molecule has 0 amide bonds. The summed E-state index contributed by atoms with van der Waals surface area (Å²) >= 11 is 0. The maximum atomic E-state index is 11.5. The van der Waals surface area contributed by atoms with Crippen LogP contribution in [0, 0.1) is 5.92 Å². The lowest BCUT2D eigenvalue weighted by molar-refractivity contribution is -0.149. The van der Waals surface area contributed by atoms with E-state index in [4.69, 9.17) is 4.74 Å². The van der Waals surface area contributed by atoms with Crippen molar-refractivity contribution in [3.8, 4) is 0 Å². The number of hydrogen-bond donors (Lipinski definition) is 0. The Balaban J connectivity index is 2.32. The highest BCUT2D eigenvalue weighted by molar-refractivity contribution is 5.71. The molecule has 0 heterocycles. The Labute approximate surface area is 92.8 Å². The van der Waals surface area contributed by atoms with Crippen molar-refractivity contribution < 1.29 is 9.53 Å². The van der Waals surface area contributed by atoms with Gasteiger partial charge >= 0.3 is 5.97 Å². The number of carbonyl (C=O) groups is 1. The van der Waals surface area contributed by atoms with Crippen molar-refractivity contribution in [3.05, 3.63) is 0 Å². The molecule has 0 saturated heterocycles. The van der Waals surface area contributed by atoms with Gasteiger partial charge in [-0.3, -0.25) is 9.69 Å². The molecule has 1 rings (SSSR count). The summed E-state index contributed by atoms with van der Waals surface area (Å²) in [6.45, 7) is 9.52. The van der Waals surface area contributed by atoms with Crippen LogP contribution in [-0.4, -0.2) is 36.1 Å². The predicted octanol–water partition coefficient (Wildman–Crippen LogP) is 2.06. The molecule has 0 aliphatic heterocycles. The van der Waals surface area contributed by atoms with E-state index in [9.17, 15) is 4.79 Å². The molecule has 1 aliphatic carbocycles. The SMILES string of the molecule is CC(C)OC(=O)CN(CC1CC1)C(C)C. The van der Waals surface area contributed by atoms with Crippen molar-refractivity contribution in [1.82, 2.24) is 4.90 Å². The number of rotatable bonds is 6. The maximum Gasteiger partial charge on any atom is 0.320 e. The largest absolute Gasteiger partial charge is 0.462 e. The molecular formula is C12H23NO2. The third-order valence-electron chi connectivity index (χ3n) is 2.62. The van der Waals surface area contributed by atoms with Crippen LogP contribution in [0.2, 0.25) is 0 Å². The van der Waals surface area contributed by atoms with Gasteiger partial charge in [0.25, 0.3) is 0 Å². The number of esters is 1.